The SMILES string of the molecule is O=C(NC1CCSc2ccccc21)c1ccc(Cl)c(S(=O)(=O)NC2CC2)c1. The predicted octanol–water partition coefficient (Wildman–Crippen LogP) is 3.75. The number of carbonyl (C=O) groups excluding carboxylic acids is 1. The van der Waals surface area contributed by atoms with Crippen LogP contribution in [0.15, 0.2) is 52.3 Å². The number of nitrogens with one attached hydrogen (secondary N) is 2. The maximum Gasteiger partial charge on any atom is 0.251 e. The second-order valence-corrected chi connectivity index (χ2v) is 9.97. The van der Waals surface area contributed by atoms with E-state index in [0.717, 1.165) is 30.6 Å². The van der Waals surface area contributed by atoms with E-state index in [1.165, 1.54) is 17.0 Å². The van der Waals surface area contributed by atoms with Crippen LogP contribution >= 0.6 is 23.4 Å². The highest BCUT2D eigenvalue weighted by atomic mass is 35.5. The molecule has 142 valence electrons. The number of halogens is 1. The lowest BCUT2D eigenvalue weighted by molar-refractivity contribution is 0.0935. The molecular weight excluding hydrogens is 404 g/mol. The van der Waals surface area contributed by atoms with Crippen molar-refractivity contribution in [1.29, 1.82) is 0 Å². The molecule has 2 aromatic carbocycles. The van der Waals surface area contributed by atoms with Gasteiger partial charge in [-0.25, -0.2) is 13.1 Å². The molecule has 27 heavy (non-hydrogen) atoms. The summed E-state index contributed by atoms with van der Waals surface area (Å²) in [6.07, 6.45) is 2.49. The molecule has 1 heterocycles. The lowest BCUT2D eigenvalue weighted by Crippen LogP contribution is -2.31. The van der Waals surface area contributed by atoms with Gasteiger partial charge in [-0.3, -0.25) is 4.79 Å². The van der Waals surface area contributed by atoms with Gasteiger partial charge < -0.3 is 5.32 Å². The number of amides is 1. The van der Waals surface area contributed by atoms with Crippen molar-refractivity contribution in [2.24, 2.45) is 0 Å². The quantitative estimate of drug-likeness (QED) is 0.769. The summed E-state index contributed by atoms with van der Waals surface area (Å²) in [5, 5.41) is 3.14. The van der Waals surface area contributed by atoms with E-state index in [2.05, 4.69) is 16.1 Å². The van der Waals surface area contributed by atoms with E-state index in [4.69, 9.17) is 11.6 Å². The minimum atomic E-state index is -3.73. The summed E-state index contributed by atoms with van der Waals surface area (Å²) in [5.74, 6) is 0.620. The van der Waals surface area contributed by atoms with E-state index in [0.29, 0.717) is 0 Å². The molecule has 0 saturated heterocycles. The van der Waals surface area contributed by atoms with E-state index in [-0.39, 0.29) is 33.5 Å². The molecule has 2 N–H and O–H groups in total. The second kappa shape index (κ2) is 7.47. The molecule has 1 unspecified atom stereocenters. The van der Waals surface area contributed by atoms with Crippen molar-refractivity contribution in [1.82, 2.24) is 10.0 Å². The first kappa shape index (κ1) is 18.8. The lowest BCUT2D eigenvalue weighted by atomic mass is 10.0. The van der Waals surface area contributed by atoms with E-state index < -0.39 is 10.0 Å². The van der Waals surface area contributed by atoms with Crippen molar-refractivity contribution in [3.05, 3.63) is 58.6 Å². The standard InChI is InChI=1S/C19H19ClN2O3S2/c20-15-8-5-12(11-18(15)27(24,25)22-13-6-7-13)19(23)21-16-9-10-26-17-4-2-1-3-14(16)17/h1-5,8,11,13,16,22H,6-7,9-10H2,(H,21,23). The van der Waals surface area contributed by atoms with Gasteiger partial charge in [0.15, 0.2) is 0 Å². The Morgan fingerprint density at radius 1 is 1.11 bits per heavy atom. The number of rotatable bonds is 5. The zero-order chi connectivity index (χ0) is 19.0. The van der Waals surface area contributed by atoms with Gasteiger partial charge in [-0.2, -0.15) is 0 Å². The molecular formula is C19H19ClN2O3S2. The van der Waals surface area contributed by atoms with Gasteiger partial charge in [0.25, 0.3) is 5.91 Å². The first-order valence-electron chi connectivity index (χ1n) is 8.78. The van der Waals surface area contributed by atoms with Gasteiger partial charge in [-0.05, 0) is 49.1 Å². The molecule has 0 radical (unpaired) electrons. The molecule has 1 aliphatic carbocycles. The fourth-order valence-corrected chi connectivity index (χ4v) is 6.02. The van der Waals surface area contributed by atoms with Crippen LogP contribution in [0.2, 0.25) is 5.02 Å². The molecule has 5 nitrogen and oxygen atoms in total. The highest BCUT2D eigenvalue weighted by molar-refractivity contribution is 7.99. The third kappa shape index (κ3) is 4.16. The van der Waals surface area contributed by atoms with Crippen LogP contribution < -0.4 is 10.0 Å². The molecule has 0 aromatic heterocycles. The Morgan fingerprint density at radius 2 is 1.89 bits per heavy atom. The van der Waals surface area contributed by atoms with Crippen molar-refractivity contribution >= 4 is 39.3 Å². The van der Waals surface area contributed by atoms with Gasteiger partial charge in [0.05, 0.1) is 11.1 Å². The minimum absolute atomic E-state index is 0.0280. The fourth-order valence-electron chi connectivity index (χ4n) is 3.07. The Morgan fingerprint density at radius 3 is 2.67 bits per heavy atom. The van der Waals surface area contributed by atoms with Crippen LogP contribution in [0.1, 0.15) is 41.2 Å². The molecule has 2 aromatic rings. The van der Waals surface area contributed by atoms with Crippen LogP contribution in [0, 0.1) is 0 Å². The first-order chi connectivity index (χ1) is 12.9. The summed E-state index contributed by atoms with van der Waals surface area (Å²) in [4.78, 5) is 13.9. The Hall–Kier alpha value is -1.54. The zero-order valence-electron chi connectivity index (χ0n) is 14.4. The monoisotopic (exact) mass is 422 g/mol. The second-order valence-electron chi connectivity index (χ2n) is 6.74. The van der Waals surface area contributed by atoms with E-state index in [1.54, 1.807) is 17.8 Å². The van der Waals surface area contributed by atoms with Gasteiger partial charge in [0.1, 0.15) is 4.90 Å². The third-order valence-electron chi connectivity index (χ3n) is 4.65. The van der Waals surface area contributed by atoms with Crippen LogP contribution in [0.4, 0.5) is 0 Å². The molecule has 0 bridgehead atoms. The van der Waals surface area contributed by atoms with E-state index in [9.17, 15) is 13.2 Å². The topological polar surface area (TPSA) is 75.3 Å². The highest BCUT2D eigenvalue weighted by Crippen LogP contribution is 2.36. The summed E-state index contributed by atoms with van der Waals surface area (Å²) >= 11 is 7.87. The largest absolute Gasteiger partial charge is 0.345 e. The summed E-state index contributed by atoms with van der Waals surface area (Å²) in [6.45, 7) is 0. The summed E-state index contributed by atoms with van der Waals surface area (Å²) in [5.41, 5.74) is 1.38. The number of sulfonamides is 1. The maximum atomic E-state index is 12.8. The fraction of sp³-hybridized carbons (Fsp3) is 0.316. The molecule has 1 aliphatic heterocycles. The maximum absolute atomic E-state index is 12.8. The molecule has 2 aliphatic rings. The summed E-state index contributed by atoms with van der Waals surface area (Å²) in [7, 11) is -3.73. The van der Waals surface area contributed by atoms with Gasteiger partial charge >= 0.3 is 0 Å². The summed E-state index contributed by atoms with van der Waals surface area (Å²) < 4.78 is 27.6. The van der Waals surface area contributed by atoms with Crippen molar-refractivity contribution < 1.29 is 13.2 Å². The van der Waals surface area contributed by atoms with Crippen molar-refractivity contribution in [2.45, 2.75) is 41.1 Å². The third-order valence-corrected chi connectivity index (χ3v) is 7.77. The zero-order valence-corrected chi connectivity index (χ0v) is 16.8. The highest BCUT2D eigenvalue weighted by Gasteiger charge is 2.30. The van der Waals surface area contributed by atoms with Gasteiger partial charge in [-0.15, -0.1) is 11.8 Å². The average Bonchev–Trinajstić information content (AvgIpc) is 3.45. The lowest BCUT2D eigenvalue weighted by Gasteiger charge is -2.26. The Labute approximate surface area is 167 Å². The van der Waals surface area contributed by atoms with Crippen LogP contribution in [0.3, 0.4) is 0 Å². The van der Waals surface area contributed by atoms with Crippen LogP contribution in [0.25, 0.3) is 0 Å². The van der Waals surface area contributed by atoms with Crippen LogP contribution in [-0.2, 0) is 10.0 Å². The van der Waals surface area contributed by atoms with E-state index >= 15 is 0 Å². The Balaban J connectivity index is 1.57. The van der Waals surface area contributed by atoms with Crippen molar-refractivity contribution in [2.75, 3.05) is 5.75 Å². The number of carbonyl (C=O) groups is 1. The average molecular weight is 423 g/mol. The smallest absolute Gasteiger partial charge is 0.251 e. The molecule has 1 saturated carbocycles. The minimum Gasteiger partial charge on any atom is -0.345 e. The van der Waals surface area contributed by atoms with Crippen LogP contribution in [-0.4, -0.2) is 26.1 Å². The van der Waals surface area contributed by atoms with Gasteiger partial charge in [0.2, 0.25) is 10.0 Å². The number of benzene rings is 2. The van der Waals surface area contributed by atoms with Crippen LogP contribution in [0.5, 0.6) is 0 Å². The number of thioether (sulfide) groups is 1. The molecule has 1 fully saturated rings. The Bertz CT molecular complexity index is 990. The number of hydrogen-bond donors (Lipinski definition) is 2. The number of hydrogen-bond acceptors (Lipinski definition) is 4. The van der Waals surface area contributed by atoms with Gasteiger partial charge in [0, 0.05) is 22.3 Å². The van der Waals surface area contributed by atoms with Crippen molar-refractivity contribution in [3.8, 4) is 0 Å². The molecule has 1 atom stereocenters. The Kier molecular flexibility index (Phi) is 5.20. The molecule has 4 rings (SSSR count). The first-order valence-corrected chi connectivity index (χ1v) is 11.6. The predicted molar refractivity (Wildman–Crippen MR) is 107 cm³/mol. The van der Waals surface area contributed by atoms with Crippen molar-refractivity contribution in [3.63, 3.8) is 0 Å². The molecule has 0 spiro atoms. The normalized spacial score (nSPS) is 19.4. The number of fused-ring (bicyclic) bond motifs is 1. The van der Waals surface area contributed by atoms with Gasteiger partial charge in [-0.1, -0.05) is 29.8 Å². The molecule has 1 amide bonds. The van der Waals surface area contributed by atoms with E-state index in [1.807, 2.05) is 18.2 Å². The molecule has 8 heteroatoms. The summed E-state index contributed by atoms with van der Waals surface area (Å²) in [6, 6.07) is 12.3.